The highest BCUT2D eigenvalue weighted by Crippen LogP contribution is 2.02. The minimum atomic E-state index is -0.650. The van der Waals surface area contributed by atoms with Gasteiger partial charge in [-0.05, 0) is 33.9 Å². The molecule has 4 nitrogen and oxygen atoms in total. The van der Waals surface area contributed by atoms with Gasteiger partial charge in [0.15, 0.2) is 0 Å². The predicted octanol–water partition coefficient (Wildman–Crippen LogP) is 0.215. The van der Waals surface area contributed by atoms with Crippen LogP contribution in [0.2, 0.25) is 0 Å². The third-order valence-corrected chi connectivity index (χ3v) is 1.75. The Balaban J connectivity index is 3.45. The third-order valence-electron chi connectivity index (χ3n) is 1.75. The van der Waals surface area contributed by atoms with Crippen molar-refractivity contribution in [1.82, 2.24) is 10.2 Å². The SMILES string of the molecule is CC(=O)NCCCN(C)CC(C)(C)O. The second-order valence-electron chi connectivity index (χ2n) is 4.39. The third kappa shape index (κ3) is 9.48. The average Bonchev–Trinajstić information content (AvgIpc) is 1.94. The van der Waals surface area contributed by atoms with Crippen molar-refractivity contribution in [3.8, 4) is 0 Å². The van der Waals surface area contributed by atoms with Gasteiger partial charge in [-0.15, -0.1) is 0 Å². The zero-order chi connectivity index (χ0) is 11.2. The van der Waals surface area contributed by atoms with E-state index in [4.69, 9.17) is 0 Å². The van der Waals surface area contributed by atoms with Gasteiger partial charge >= 0.3 is 0 Å². The summed E-state index contributed by atoms with van der Waals surface area (Å²) >= 11 is 0. The average molecular weight is 202 g/mol. The standard InChI is InChI=1S/C10H22N2O2/c1-9(13)11-6-5-7-12(4)8-10(2,3)14/h14H,5-8H2,1-4H3,(H,11,13). The molecule has 0 aliphatic carbocycles. The van der Waals surface area contributed by atoms with Crippen molar-refractivity contribution < 1.29 is 9.90 Å². The lowest BCUT2D eigenvalue weighted by atomic mass is 10.1. The van der Waals surface area contributed by atoms with Gasteiger partial charge in [0.1, 0.15) is 0 Å². The van der Waals surface area contributed by atoms with Crippen LogP contribution in [0.5, 0.6) is 0 Å². The van der Waals surface area contributed by atoms with Gasteiger partial charge in [-0.2, -0.15) is 0 Å². The smallest absolute Gasteiger partial charge is 0.216 e. The van der Waals surface area contributed by atoms with Gasteiger partial charge in [-0.3, -0.25) is 4.79 Å². The van der Waals surface area contributed by atoms with E-state index in [-0.39, 0.29) is 5.91 Å². The molecular weight excluding hydrogens is 180 g/mol. The Morgan fingerprint density at radius 3 is 2.50 bits per heavy atom. The summed E-state index contributed by atoms with van der Waals surface area (Å²) < 4.78 is 0. The molecule has 1 amide bonds. The molecule has 0 saturated heterocycles. The summed E-state index contributed by atoms with van der Waals surface area (Å²) in [5, 5.41) is 12.3. The molecule has 4 heteroatoms. The lowest BCUT2D eigenvalue weighted by Gasteiger charge is -2.25. The Hall–Kier alpha value is -0.610. The molecule has 0 aromatic rings. The lowest BCUT2D eigenvalue weighted by Crippen LogP contribution is -2.37. The number of amides is 1. The Bertz CT molecular complexity index is 175. The van der Waals surface area contributed by atoms with Crippen LogP contribution in [-0.2, 0) is 4.79 Å². The number of nitrogens with zero attached hydrogens (tertiary/aromatic N) is 1. The number of hydrogen-bond acceptors (Lipinski definition) is 3. The molecule has 0 bridgehead atoms. The summed E-state index contributed by atoms with van der Waals surface area (Å²) in [6.07, 6.45) is 0.909. The van der Waals surface area contributed by atoms with Crippen LogP contribution in [0.4, 0.5) is 0 Å². The number of aliphatic hydroxyl groups is 1. The molecule has 0 heterocycles. The largest absolute Gasteiger partial charge is 0.389 e. The fourth-order valence-corrected chi connectivity index (χ4v) is 1.35. The lowest BCUT2D eigenvalue weighted by molar-refractivity contribution is -0.118. The molecule has 0 radical (unpaired) electrons. The molecule has 0 atom stereocenters. The Labute approximate surface area is 86.3 Å². The van der Waals surface area contributed by atoms with Crippen molar-refractivity contribution in [3.05, 3.63) is 0 Å². The van der Waals surface area contributed by atoms with E-state index in [1.807, 2.05) is 7.05 Å². The highest BCUT2D eigenvalue weighted by Gasteiger charge is 2.14. The predicted molar refractivity (Wildman–Crippen MR) is 57.1 cm³/mol. The molecule has 0 spiro atoms. The summed E-state index contributed by atoms with van der Waals surface area (Å²) in [6.45, 7) is 7.32. The summed E-state index contributed by atoms with van der Waals surface area (Å²) in [7, 11) is 1.96. The number of likely N-dealkylation sites (N-methyl/N-ethyl adjacent to an activating group) is 1. The minimum absolute atomic E-state index is 0.00939. The van der Waals surface area contributed by atoms with Crippen LogP contribution in [-0.4, -0.2) is 48.2 Å². The first kappa shape index (κ1) is 13.4. The fourth-order valence-electron chi connectivity index (χ4n) is 1.35. The van der Waals surface area contributed by atoms with Crippen molar-refractivity contribution in [2.24, 2.45) is 0 Å². The van der Waals surface area contributed by atoms with Gasteiger partial charge in [0, 0.05) is 20.0 Å². The van der Waals surface area contributed by atoms with E-state index in [1.165, 1.54) is 6.92 Å². The zero-order valence-electron chi connectivity index (χ0n) is 9.63. The molecule has 0 aromatic heterocycles. The Morgan fingerprint density at radius 1 is 1.50 bits per heavy atom. The van der Waals surface area contributed by atoms with Gasteiger partial charge in [0.25, 0.3) is 0 Å². The Morgan fingerprint density at radius 2 is 2.07 bits per heavy atom. The number of rotatable bonds is 6. The van der Waals surface area contributed by atoms with Gasteiger partial charge in [-0.1, -0.05) is 0 Å². The van der Waals surface area contributed by atoms with Crippen LogP contribution < -0.4 is 5.32 Å². The molecule has 14 heavy (non-hydrogen) atoms. The monoisotopic (exact) mass is 202 g/mol. The number of carbonyl (C=O) groups excluding carboxylic acids is 1. The van der Waals surface area contributed by atoms with Crippen LogP contribution in [0.3, 0.4) is 0 Å². The van der Waals surface area contributed by atoms with E-state index in [9.17, 15) is 9.90 Å². The molecule has 0 unspecified atom stereocenters. The number of nitrogens with one attached hydrogen (secondary N) is 1. The van der Waals surface area contributed by atoms with Gasteiger partial charge in [-0.25, -0.2) is 0 Å². The summed E-state index contributed by atoms with van der Waals surface area (Å²) in [5.74, 6) is 0.00939. The highest BCUT2D eigenvalue weighted by atomic mass is 16.3. The first-order chi connectivity index (χ1) is 6.31. The van der Waals surface area contributed by atoms with E-state index in [0.29, 0.717) is 13.1 Å². The van der Waals surface area contributed by atoms with Crippen molar-refractivity contribution >= 4 is 5.91 Å². The summed E-state index contributed by atoms with van der Waals surface area (Å²) in [5.41, 5.74) is -0.650. The quantitative estimate of drug-likeness (QED) is 0.606. The summed E-state index contributed by atoms with van der Waals surface area (Å²) in [4.78, 5) is 12.6. The van der Waals surface area contributed by atoms with Gasteiger partial charge < -0.3 is 15.3 Å². The molecule has 0 fully saturated rings. The maximum Gasteiger partial charge on any atom is 0.216 e. The van der Waals surface area contributed by atoms with E-state index < -0.39 is 5.60 Å². The van der Waals surface area contributed by atoms with Crippen LogP contribution in [0.15, 0.2) is 0 Å². The van der Waals surface area contributed by atoms with E-state index in [2.05, 4.69) is 10.2 Å². The molecule has 0 aliphatic rings. The maximum atomic E-state index is 10.6. The Kier molecular flexibility index (Phi) is 5.72. The highest BCUT2D eigenvalue weighted by molar-refractivity contribution is 5.72. The first-order valence-electron chi connectivity index (χ1n) is 4.96. The fraction of sp³-hybridized carbons (Fsp3) is 0.900. The zero-order valence-corrected chi connectivity index (χ0v) is 9.63. The van der Waals surface area contributed by atoms with E-state index >= 15 is 0 Å². The van der Waals surface area contributed by atoms with Gasteiger partial charge in [0.2, 0.25) is 5.91 Å². The molecule has 0 aromatic carbocycles. The molecule has 84 valence electrons. The van der Waals surface area contributed by atoms with Crippen LogP contribution >= 0.6 is 0 Å². The summed E-state index contributed by atoms with van der Waals surface area (Å²) in [6, 6.07) is 0. The van der Waals surface area contributed by atoms with Crippen LogP contribution in [0, 0.1) is 0 Å². The van der Waals surface area contributed by atoms with Crippen LogP contribution in [0.1, 0.15) is 27.2 Å². The maximum absolute atomic E-state index is 10.6. The number of hydrogen-bond donors (Lipinski definition) is 2. The minimum Gasteiger partial charge on any atom is -0.389 e. The topological polar surface area (TPSA) is 52.6 Å². The number of carbonyl (C=O) groups is 1. The van der Waals surface area contributed by atoms with Crippen molar-refractivity contribution in [3.63, 3.8) is 0 Å². The van der Waals surface area contributed by atoms with Crippen molar-refractivity contribution in [2.75, 3.05) is 26.7 Å². The van der Waals surface area contributed by atoms with E-state index in [0.717, 1.165) is 13.0 Å². The van der Waals surface area contributed by atoms with E-state index in [1.54, 1.807) is 13.8 Å². The molecule has 0 rings (SSSR count). The molecule has 0 aliphatic heterocycles. The molecule has 2 N–H and O–H groups in total. The van der Waals surface area contributed by atoms with Crippen molar-refractivity contribution in [2.45, 2.75) is 32.8 Å². The second kappa shape index (κ2) is 5.98. The normalized spacial score (nSPS) is 11.9. The van der Waals surface area contributed by atoms with Gasteiger partial charge in [0.05, 0.1) is 5.60 Å². The molecule has 0 saturated carbocycles. The second-order valence-corrected chi connectivity index (χ2v) is 4.39. The van der Waals surface area contributed by atoms with Crippen LogP contribution in [0.25, 0.3) is 0 Å². The molecular formula is C10H22N2O2. The van der Waals surface area contributed by atoms with Crippen molar-refractivity contribution in [1.29, 1.82) is 0 Å². The first-order valence-corrected chi connectivity index (χ1v) is 4.96.